The third kappa shape index (κ3) is 3.00. The van der Waals surface area contributed by atoms with Crippen molar-refractivity contribution in [1.29, 1.82) is 0 Å². The zero-order valence-electron chi connectivity index (χ0n) is 15.9. The Kier molecular flexibility index (Phi) is 4.25. The van der Waals surface area contributed by atoms with Crippen molar-refractivity contribution in [2.45, 2.75) is 13.3 Å². The molecule has 3 aromatic heterocycles. The van der Waals surface area contributed by atoms with E-state index in [-0.39, 0.29) is 11.1 Å². The predicted molar refractivity (Wildman–Crippen MR) is 116 cm³/mol. The smallest absolute Gasteiger partial charge is 0.272 e. The highest BCUT2D eigenvalue weighted by atomic mass is 35.5. The van der Waals surface area contributed by atoms with E-state index in [2.05, 4.69) is 15.3 Å². The van der Waals surface area contributed by atoms with Gasteiger partial charge in [0.25, 0.3) is 11.1 Å². The Morgan fingerprint density at radius 2 is 1.77 bits per heavy atom. The molecule has 0 aliphatic rings. The molecule has 0 aliphatic heterocycles. The molecule has 7 nitrogen and oxygen atoms in total. The Balaban J connectivity index is 1.68. The molecule has 0 radical (unpaired) electrons. The third-order valence-electron chi connectivity index (χ3n) is 5.11. The summed E-state index contributed by atoms with van der Waals surface area (Å²) in [5, 5.41) is 11.7. The van der Waals surface area contributed by atoms with Gasteiger partial charge in [0.2, 0.25) is 0 Å². The van der Waals surface area contributed by atoms with Crippen molar-refractivity contribution >= 4 is 28.0 Å². The van der Waals surface area contributed by atoms with Crippen LogP contribution < -0.4 is 11.1 Å². The van der Waals surface area contributed by atoms with Crippen molar-refractivity contribution in [1.82, 2.24) is 24.8 Å². The average Bonchev–Trinajstić information content (AvgIpc) is 3.08. The van der Waals surface area contributed by atoms with Gasteiger partial charge in [-0.15, -0.1) is 0 Å². The Bertz CT molecular complexity index is 1530. The Morgan fingerprint density at radius 1 is 1.03 bits per heavy atom. The molecular weight excluding hydrogens is 402 g/mol. The number of nitrogens with one attached hydrogen (secondary N) is 2. The van der Waals surface area contributed by atoms with Gasteiger partial charge >= 0.3 is 0 Å². The first kappa shape index (κ1) is 18.3. The molecular formula is C22H16ClN5O2. The third-order valence-corrected chi connectivity index (χ3v) is 5.36. The van der Waals surface area contributed by atoms with E-state index in [4.69, 9.17) is 16.6 Å². The Morgan fingerprint density at radius 3 is 2.53 bits per heavy atom. The van der Waals surface area contributed by atoms with Crippen molar-refractivity contribution in [3.05, 3.63) is 97.4 Å². The lowest BCUT2D eigenvalue weighted by atomic mass is 10.1. The molecule has 2 N–H and O–H groups in total. The quantitative estimate of drug-likeness (QED) is 0.469. The summed E-state index contributed by atoms with van der Waals surface area (Å²) < 4.78 is 1.43. The van der Waals surface area contributed by atoms with Gasteiger partial charge in [0.15, 0.2) is 5.65 Å². The lowest BCUT2D eigenvalue weighted by molar-refractivity contribution is 0.856. The van der Waals surface area contributed by atoms with Gasteiger partial charge in [-0.1, -0.05) is 41.9 Å². The van der Waals surface area contributed by atoms with E-state index >= 15 is 0 Å². The first-order chi connectivity index (χ1) is 14.5. The van der Waals surface area contributed by atoms with Gasteiger partial charge in [-0.05, 0) is 30.7 Å². The predicted octanol–water partition coefficient (Wildman–Crippen LogP) is 3.48. The van der Waals surface area contributed by atoms with Crippen molar-refractivity contribution in [2.24, 2.45) is 0 Å². The summed E-state index contributed by atoms with van der Waals surface area (Å²) in [4.78, 5) is 29.5. The van der Waals surface area contributed by atoms with Crippen LogP contribution in [0.15, 0.2) is 64.2 Å². The normalized spacial score (nSPS) is 11.4. The number of H-pyrrole nitrogens is 2. The van der Waals surface area contributed by atoms with E-state index in [0.29, 0.717) is 33.9 Å². The van der Waals surface area contributed by atoms with Crippen molar-refractivity contribution in [2.75, 3.05) is 0 Å². The van der Waals surface area contributed by atoms with Crippen LogP contribution in [0.5, 0.6) is 0 Å². The number of rotatable bonds is 3. The number of benzene rings is 2. The molecule has 2 aromatic carbocycles. The van der Waals surface area contributed by atoms with Crippen LogP contribution in [0, 0.1) is 6.92 Å². The summed E-state index contributed by atoms with van der Waals surface area (Å²) in [5.41, 5.74) is 3.87. The van der Waals surface area contributed by atoms with E-state index in [0.717, 1.165) is 22.2 Å². The topological polar surface area (TPSA) is 95.9 Å². The zero-order valence-corrected chi connectivity index (χ0v) is 16.7. The van der Waals surface area contributed by atoms with Crippen LogP contribution in [-0.2, 0) is 6.42 Å². The van der Waals surface area contributed by atoms with E-state index in [9.17, 15) is 9.59 Å². The zero-order chi connectivity index (χ0) is 20.8. The van der Waals surface area contributed by atoms with E-state index < -0.39 is 0 Å². The maximum Gasteiger partial charge on any atom is 0.272 e. The number of nitrogens with zero attached hydrogens (tertiary/aromatic N) is 3. The Hall–Kier alpha value is -3.71. The van der Waals surface area contributed by atoms with Crippen LogP contribution in [0.4, 0.5) is 0 Å². The van der Waals surface area contributed by atoms with Crippen LogP contribution in [0.2, 0.25) is 5.02 Å². The summed E-state index contributed by atoms with van der Waals surface area (Å²) in [6, 6.07) is 16.1. The molecule has 0 bridgehead atoms. The number of fused-ring (bicyclic) bond motifs is 2. The number of aromatic nitrogens is 5. The van der Waals surface area contributed by atoms with Crippen molar-refractivity contribution in [3.8, 4) is 11.1 Å². The minimum atomic E-state index is -0.246. The summed E-state index contributed by atoms with van der Waals surface area (Å²) >= 11 is 6.02. The maximum atomic E-state index is 12.8. The van der Waals surface area contributed by atoms with E-state index in [1.54, 1.807) is 24.3 Å². The monoisotopic (exact) mass is 417 g/mol. The maximum absolute atomic E-state index is 12.8. The van der Waals surface area contributed by atoms with Gasteiger partial charge in [-0.2, -0.15) is 5.10 Å². The van der Waals surface area contributed by atoms with Crippen LogP contribution in [0.1, 0.15) is 17.1 Å². The summed E-state index contributed by atoms with van der Waals surface area (Å²) in [6.45, 7) is 1.90. The molecule has 5 rings (SSSR count). The molecule has 0 saturated heterocycles. The molecule has 0 fully saturated rings. The highest BCUT2D eigenvalue weighted by Gasteiger charge is 2.16. The first-order valence-corrected chi connectivity index (χ1v) is 9.72. The fourth-order valence-corrected chi connectivity index (χ4v) is 3.85. The number of aromatic amines is 2. The lowest BCUT2D eigenvalue weighted by Gasteiger charge is -2.06. The van der Waals surface area contributed by atoms with Crippen molar-refractivity contribution in [3.63, 3.8) is 0 Å². The minimum absolute atomic E-state index is 0.216. The Labute approximate surface area is 175 Å². The number of halogens is 1. The highest BCUT2D eigenvalue weighted by molar-refractivity contribution is 6.30. The summed E-state index contributed by atoms with van der Waals surface area (Å²) in [5.74, 6) is 0. The molecule has 30 heavy (non-hydrogen) atoms. The molecule has 8 heteroatoms. The second-order valence-electron chi connectivity index (χ2n) is 7.09. The van der Waals surface area contributed by atoms with Gasteiger partial charge in [-0.25, -0.2) is 14.6 Å². The van der Waals surface area contributed by atoms with Crippen molar-refractivity contribution < 1.29 is 0 Å². The molecule has 0 saturated carbocycles. The summed E-state index contributed by atoms with van der Waals surface area (Å²) in [7, 11) is 0. The van der Waals surface area contributed by atoms with Crippen LogP contribution >= 0.6 is 11.6 Å². The number of hydrogen-bond donors (Lipinski definition) is 2. The first-order valence-electron chi connectivity index (χ1n) is 9.35. The molecule has 148 valence electrons. The SMILES string of the molecule is Cc1[nH]n2c(=O)cc(Cc3n[nH]c(=O)c4ccccc34)nc2c1-c1ccc(Cl)cc1. The number of hydrogen-bond acceptors (Lipinski definition) is 4. The highest BCUT2D eigenvalue weighted by Crippen LogP contribution is 2.28. The molecule has 0 unspecified atom stereocenters. The van der Waals surface area contributed by atoms with Crippen LogP contribution in [-0.4, -0.2) is 24.8 Å². The van der Waals surface area contributed by atoms with Gasteiger partial charge in [0, 0.05) is 34.2 Å². The second kappa shape index (κ2) is 6.96. The largest absolute Gasteiger partial charge is 0.293 e. The second-order valence-corrected chi connectivity index (χ2v) is 7.52. The molecule has 0 atom stereocenters. The average molecular weight is 418 g/mol. The lowest BCUT2D eigenvalue weighted by Crippen LogP contribution is -2.17. The van der Waals surface area contributed by atoms with Gasteiger partial charge in [0.05, 0.1) is 16.8 Å². The fraction of sp³-hybridized carbons (Fsp3) is 0.0909. The summed E-state index contributed by atoms with van der Waals surface area (Å²) in [6.07, 6.45) is 0.313. The standard InChI is InChI=1S/C22H16ClN5O2/c1-12-20(13-6-8-14(23)9-7-13)21-24-15(11-19(29)28(21)27-12)10-18-16-4-2-3-5-17(16)22(30)26-25-18/h2-9,11,27H,10H2,1H3,(H,26,30). The van der Waals surface area contributed by atoms with E-state index in [1.165, 1.54) is 10.6 Å². The van der Waals surface area contributed by atoms with Crippen LogP contribution in [0.3, 0.4) is 0 Å². The van der Waals surface area contributed by atoms with Crippen LogP contribution in [0.25, 0.3) is 27.5 Å². The molecule has 0 aliphatic carbocycles. The van der Waals surface area contributed by atoms with Gasteiger partial charge in [-0.3, -0.25) is 14.7 Å². The number of aryl methyl sites for hydroxylation is 1. The molecule has 5 aromatic rings. The molecule has 0 amide bonds. The molecule has 0 spiro atoms. The van der Waals surface area contributed by atoms with Gasteiger partial charge < -0.3 is 0 Å². The fourth-order valence-electron chi connectivity index (χ4n) is 3.73. The van der Waals surface area contributed by atoms with E-state index in [1.807, 2.05) is 31.2 Å². The molecule has 3 heterocycles. The minimum Gasteiger partial charge on any atom is -0.293 e. The van der Waals surface area contributed by atoms with Gasteiger partial charge in [0.1, 0.15) is 0 Å².